The Morgan fingerprint density at radius 2 is 2.39 bits per heavy atom. The van der Waals surface area contributed by atoms with Gasteiger partial charge in [-0.05, 0) is 30.5 Å². The van der Waals surface area contributed by atoms with Gasteiger partial charge in [-0.1, -0.05) is 6.07 Å². The van der Waals surface area contributed by atoms with E-state index in [0.29, 0.717) is 11.7 Å². The van der Waals surface area contributed by atoms with Gasteiger partial charge in [0.15, 0.2) is 0 Å². The molecule has 98 valence electrons. The minimum absolute atomic E-state index is 0.0813. The summed E-state index contributed by atoms with van der Waals surface area (Å²) in [6, 6.07) is 4.44. The fourth-order valence-electron chi connectivity index (χ4n) is 2.00. The number of thioether (sulfide) groups is 1. The third-order valence-electron chi connectivity index (χ3n) is 2.95. The molecule has 0 spiro atoms. The molecule has 18 heavy (non-hydrogen) atoms. The first-order valence-corrected chi connectivity index (χ1v) is 7.14. The van der Waals surface area contributed by atoms with E-state index >= 15 is 0 Å². The van der Waals surface area contributed by atoms with Gasteiger partial charge in [-0.2, -0.15) is 11.8 Å². The molecule has 1 aromatic carbocycles. The number of nitrogens with two attached hydrogens (primary N) is 1. The number of nitrogens with one attached hydrogen (secondary N) is 1. The fraction of sp³-hybridized carbons (Fsp3) is 0.462. The van der Waals surface area contributed by atoms with Crippen molar-refractivity contribution in [3.63, 3.8) is 0 Å². The van der Waals surface area contributed by atoms with Crippen molar-refractivity contribution in [1.82, 2.24) is 0 Å². The van der Waals surface area contributed by atoms with E-state index in [2.05, 4.69) is 0 Å². The summed E-state index contributed by atoms with van der Waals surface area (Å²) in [5, 5.41) is 7.45. The molecule has 1 aliphatic heterocycles. The molecule has 2 rings (SSSR count). The van der Waals surface area contributed by atoms with Crippen LogP contribution in [-0.4, -0.2) is 24.3 Å². The molecule has 1 atom stereocenters. The van der Waals surface area contributed by atoms with Crippen molar-refractivity contribution in [1.29, 1.82) is 5.41 Å². The molecule has 0 radical (unpaired) electrons. The second-order valence-electron chi connectivity index (χ2n) is 4.37. The number of nitrogen functional groups attached to an aromatic ring is 1. The van der Waals surface area contributed by atoms with Gasteiger partial charge in [-0.3, -0.25) is 5.41 Å². The van der Waals surface area contributed by atoms with Crippen LogP contribution < -0.4 is 5.73 Å². The Balaban J connectivity index is 1.93. The Kier molecular flexibility index (Phi) is 4.60. The largest absolute Gasteiger partial charge is 0.384 e. The van der Waals surface area contributed by atoms with Crippen LogP contribution in [0.15, 0.2) is 18.2 Å². The van der Waals surface area contributed by atoms with E-state index < -0.39 is 0 Å². The fourth-order valence-corrected chi connectivity index (χ4v) is 3.12. The number of rotatable bonds is 5. The van der Waals surface area contributed by atoms with Crippen LogP contribution in [0.25, 0.3) is 0 Å². The Morgan fingerprint density at radius 3 is 3.06 bits per heavy atom. The zero-order valence-corrected chi connectivity index (χ0v) is 10.9. The molecule has 1 aromatic rings. The molecule has 1 fully saturated rings. The van der Waals surface area contributed by atoms with Gasteiger partial charge in [0.1, 0.15) is 11.7 Å². The quantitative estimate of drug-likeness (QED) is 0.637. The topological polar surface area (TPSA) is 59.1 Å². The maximum atomic E-state index is 13.1. The maximum absolute atomic E-state index is 13.1. The van der Waals surface area contributed by atoms with Gasteiger partial charge in [-0.25, -0.2) is 4.39 Å². The average molecular weight is 268 g/mol. The summed E-state index contributed by atoms with van der Waals surface area (Å²) >= 11 is 1.74. The van der Waals surface area contributed by atoms with E-state index in [9.17, 15) is 4.39 Å². The van der Waals surface area contributed by atoms with Crippen LogP contribution >= 0.6 is 11.8 Å². The predicted molar refractivity (Wildman–Crippen MR) is 72.6 cm³/mol. The number of hydrogen-bond acceptors (Lipinski definition) is 3. The number of amidine groups is 1. The number of halogens is 1. The second kappa shape index (κ2) is 6.20. The zero-order chi connectivity index (χ0) is 13.0. The summed E-state index contributed by atoms with van der Waals surface area (Å²) in [6.07, 6.45) is 2.60. The molecule has 1 aliphatic rings. The average Bonchev–Trinajstić information content (AvgIpc) is 2.84. The maximum Gasteiger partial charge on any atom is 0.123 e. The Labute approximate surface area is 110 Å². The molecule has 3 nitrogen and oxygen atoms in total. The first-order valence-electron chi connectivity index (χ1n) is 5.99. The second-order valence-corrected chi connectivity index (χ2v) is 5.40. The standard InChI is InChI=1S/C13H17FN2OS/c14-10-4-3-9(12(6-10)13(15)16)7-18-8-11-2-1-5-17-11/h3-4,6,11H,1-2,5,7-8H2,(H3,15,16). The van der Waals surface area contributed by atoms with E-state index in [1.54, 1.807) is 17.8 Å². The lowest BCUT2D eigenvalue weighted by atomic mass is 10.1. The molecule has 0 aliphatic carbocycles. The van der Waals surface area contributed by atoms with Crippen LogP contribution in [0.5, 0.6) is 0 Å². The molecule has 1 saturated heterocycles. The van der Waals surface area contributed by atoms with E-state index in [-0.39, 0.29) is 11.7 Å². The number of ether oxygens (including phenoxy) is 1. The normalized spacial score (nSPS) is 19.1. The first kappa shape index (κ1) is 13.4. The van der Waals surface area contributed by atoms with Gasteiger partial charge in [-0.15, -0.1) is 0 Å². The molecular formula is C13H17FN2OS. The molecule has 0 bridgehead atoms. The van der Waals surface area contributed by atoms with Crippen LogP contribution in [0.2, 0.25) is 0 Å². The highest BCUT2D eigenvalue weighted by molar-refractivity contribution is 7.98. The molecule has 0 aromatic heterocycles. The zero-order valence-electron chi connectivity index (χ0n) is 10.1. The number of hydrogen-bond donors (Lipinski definition) is 2. The monoisotopic (exact) mass is 268 g/mol. The van der Waals surface area contributed by atoms with E-state index in [1.165, 1.54) is 12.1 Å². The van der Waals surface area contributed by atoms with E-state index in [4.69, 9.17) is 15.9 Å². The van der Waals surface area contributed by atoms with Crippen molar-refractivity contribution in [2.24, 2.45) is 5.73 Å². The van der Waals surface area contributed by atoms with Crippen molar-refractivity contribution < 1.29 is 9.13 Å². The Hall–Kier alpha value is -1.07. The summed E-state index contributed by atoms with van der Waals surface area (Å²) in [7, 11) is 0. The highest BCUT2D eigenvalue weighted by Crippen LogP contribution is 2.22. The molecule has 1 heterocycles. The van der Waals surface area contributed by atoms with E-state index in [0.717, 1.165) is 36.5 Å². The summed E-state index contributed by atoms with van der Waals surface area (Å²) in [5.41, 5.74) is 6.86. The van der Waals surface area contributed by atoms with Gasteiger partial charge in [0.25, 0.3) is 0 Å². The van der Waals surface area contributed by atoms with Crippen molar-refractivity contribution in [2.45, 2.75) is 24.7 Å². The van der Waals surface area contributed by atoms with E-state index in [1.807, 2.05) is 0 Å². The smallest absolute Gasteiger partial charge is 0.123 e. The molecule has 3 N–H and O–H groups in total. The lowest BCUT2D eigenvalue weighted by Crippen LogP contribution is -2.14. The van der Waals surface area contributed by atoms with Crippen molar-refractivity contribution in [2.75, 3.05) is 12.4 Å². The van der Waals surface area contributed by atoms with Crippen LogP contribution in [-0.2, 0) is 10.5 Å². The summed E-state index contributed by atoms with van der Waals surface area (Å²) in [4.78, 5) is 0. The van der Waals surface area contributed by atoms with Gasteiger partial charge in [0.2, 0.25) is 0 Å². The molecular weight excluding hydrogens is 251 g/mol. The van der Waals surface area contributed by atoms with Crippen molar-refractivity contribution in [3.05, 3.63) is 35.1 Å². The molecule has 0 saturated carbocycles. The summed E-state index contributed by atoms with van der Waals surface area (Å²) in [5.74, 6) is 1.24. The third kappa shape index (κ3) is 3.46. The van der Waals surface area contributed by atoms with Crippen LogP contribution in [0.3, 0.4) is 0 Å². The Morgan fingerprint density at radius 1 is 1.56 bits per heavy atom. The Bertz CT molecular complexity index is 433. The first-order chi connectivity index (χ1) is 8.66. The van der Waals surface area contributed by atoms with Crippen LogP contribution in [0, 0.1) is 11.2 Å². The summed E-state index contributed by atoms with van der Waals surface area (Å²) in [6.45, 7) is 0.862. The molecule has 0 amide bonds. The summed E-state index contributed by atoms with van der Waals surface area (Å²) < 4.78 is 18.6. The van der Waals surface area contributed by atoms with Gasteiger partial charge < -0.3 is 10.5 Å². The van der Waals surface area contributed by atoms with Crippen LogP contribution in [0.1, 0.15) is 24.0 Å². The number of benzene rings is 1. The van der Waals surface area contributed by atoms with Gasteiger partial charge in [0.05, 0.1) is 6.10 Å². The minimum Gasteiger partial charge on any atom is -0.384 e. The lowest BCUT2D eigenvalue weighted by Gasteiger charge is -2.11. The SMILES string of the molecule is N=C(N)c1cc(F)ccc1CSCC1CCCO1. The minimum atomic E-state index is -0.354. The molecule has 5 heteroatoms. The van der Waals surface area contributed by atoms with Crippen molar-refractivity contribution >= 4 is 17.6 Å². The molecule has 1 unspecified atom stereocenters. The van der Waals surface area contributed by atoms with Gasteiger partial charge in [0, 0.05) is 23.7 Å². The highest BCUT2D eigenvalue weighted by atomic mass is 32.2. The van der Waals surface area contributed by atoms with Crippen molar-refractivity contribution in [3.8, 4) is 0 Å². The highest BCUT2D eigenvalue weighted by Gasteiger charge is 2.15. The lowest BCUT2D eigenvalue weighted by molar-refractivity contribution is 0.129. The van der Waals surface area contributed by atoms with Gasteiger partial charge >= 0.3 is 0 Å². The van der Waals surface area contributed by atoms with Crippen LogP contribution in [0.4, 0.5) is 4.39 Å². The predicted octanol–water partition coefficient (Wildman–Crippen LogP) is 2.52. The third-order valence-corrected chi connectivity index (χ3v) is 4.07.